The maximum absolute atomic E-state index is 12.7. The lowest BCUT2D eigenvalue weighted by atomic mass is 10.2. The highest BCUT2D eigenvalue weighted by molar-refractivity contribution is 7.85. The fourth-order valence-electron chi connectivity index (χ4n) is 1.74. The van der Waals surface area contributed by atoms with Gasteiger partial charge in [-0.25, -0.2) is 4.21 Å². The Morgan fingerprint density at radius 1 is 1.14 bits per heavy atom. The Labute approximate surface area is 121 Å². The normalized spacial score (nSPS) is 12.7. The minimum absolute atomic E-state index is 0.00763. The number of nitrogens with two attached hydrogens (primary N) is 1. The van der Waals surface area contributed by atoms with Gasteiger partial charge in [-0.05, 0) is 30.3 Å². The van der Waals surface area contributed by atoms with Crippen LogP contribution in [0.5, 0.6) is 0 Å². The SMILES string of the molecule is N#Cc1c(N)cccc1[S@](=O)c1cccc(C(F)(F)F)c1. The van der Waals surface area contributed by atoms with Crippen molar-refractivity contribution in [2.45, 2.75) is 16.0 Å². The largest absolute Gasteiger partial charge is 0.416 e. The van der Waals surface area contributed by atoms with Crippen LogP contribution in [0, 0.1) is 11.3 Å². The van der Waals surface area contributed by atoms with Gasteiger partial charge in [-0.15, -0.1) is 0 Å². The molecule has 0 saturated heterocycles. The second-order valence-corrected chi connectivity index (χ2v) is 5.58. The first-order chi connectivity index (χ1) is 9.84. The summed E-state index contributed by atoms with van der Waals surface area (Å²) < 4.78 is 50.4. The number of hydrogen-bond acceptors (Lipinski definition) is 3. The zero-order valence-corrected chi connectivity index (χ0v) is 11.3. The van der Waals surface area contributed by atoms with E-state index in [1.165, 1.54) is 30.3 Å². The molecule has 0 fully saturated rings. The Hall–Kier alpha value is -2.33. The van der Waals surface area contributed by atoms with Crippen LogP contribution in [0.3, 0.4) is 0 Å². The van der Waals surface area contributed by atoms with Gasteiger partial charge in [-0.2, -0.15) is 18.4 Å². The van der Waals surface area contributed by atoms with Crippen molar-refractivity contribution >= 4 is 16.5 Å². The van der Waals surface area contributed by atoms with E-state index >= 15 is 0 Å². The third-order valence-corrected chi connectivity index (χ3v) is 4.17. The summed E-state index contributed by atoms with van der Waals surface area (Å²) in [4.78, 5) is 0.0590. The standard InChI is InChI=1S/C14H9F3N2OS/c15-14(16,17)9-3-1-4-10(7-9)21(20)13-6-2-5-12(19)11(13)8-18/h1-7H,19H2/t21-/m1/s1. The van der Waals surface area contributed by atoms with E-state index < -0.39 is 22.5 Å². The van der Waals surface area contributed by atoms with E-state index in [1.54, 1.807) is 0 Å². The first-order valence-corrected chi connectivity index (χ1v) is 6.87. The van der Waals surface area contributed by atoms with E-state index in [4.69, 9.17) is 11.0 Å². The molecule has 0 unspecified atom stereocenters. The van der Waals surface area contributed by atoms with Gasteiger partial charge >= 0.3 is 6.18 Å². The van der Waals surface area contributed by atoms with Crippen molar-refractivity contribution in [3.8, 4) is 6.07 Å². The van der Waals surface area contributed by atoms with E-state index in [0.717, 1.165) is 12.1 Å². The molecule has 0 heterocycles. The number of hydrogen-bond donors (Lipinski definition) is 1. The second kappa shape index (κ2) is 5.58. The molecule has 2 aromatic carbocycles. The van der Waals surface area contributed by atoms with E-state index in [9.17, 15) is 17.4 Å². The van der Waals surface area contributed by atoms with Crippen molar-refractivity contribution in [3.63, 3.8) is 0 Å². The zero-order chi connectivity index (χ0) is 15.6. The molecule has 0 spiro atoms. The molecule has 0 aromatic heterocycles. The van der Waals surface area contributed by atoms with Gasteiger partial charge in [0.2, 0.25) is 0 Å². The Kier molecular flexibility index (Phi) is 4.00. The summed E-state index contributed by atoms with van der Waals surface area (Å²) in [5.41, 5.74) is 4.86. The van der Waals surface area contributed by atoms with Gasteiger partial charge in [-0.1, -0.05) is 12.1 Å². The molecule has 2 rings (SSSR count). The van der Waals surface area contributed by atoms with E-state index in [1.807, 2.05) is 6.07 Å². The highest BCUT2D eigenvalue weighted by Crippen LogP contribution is 2.31. The van der Waals surface area contributed by atoms with Gasteiger partial charge in [0.1, 0.15) is 6.07 Å². The van der Waals surface area contributed by atoms with Crippen LogP contribution in [0.2, 0.25) is 0 Å². The number of halogens is 3. The van der Waals surface area contributed by atoms with Gasteiger partial charge in [-0.3, -0.25) is 0 Å². The number of nitriles is 1. The third kappa shape index (κ3) is 3.06. The molecule has 1 atom stereocenters. The van der Waals surface area contributed by atoms with Crippen LogP contribution >= 0.6 is 0 Å². The van der Waals surface area contributed by atoms with Crippen LogP contribution in [0.4, 0.5) is 18.9 Å². The molecule has 7 heteroatoms. The van der Waals surface area contributed by atoms with Gasteiger partial charge in [0.15, 0.2) is 0 Å². The summed E-state index contributed by atoms with van der Waals surface area (Å²) in [6, 6.07) is 10.4. The van der Waals surface area contributed by atoms with Crippen molar-refractivity contribution in [2.24, 2.45) is 0 Å². The lowest BCUT2D eigenvalue weighted by molar-refractivity contribution is -0.137. The molecule has 108 valence electrons. The fourth-order valence-corrected chi connectivity index (χ4v) is 2.98. The van der Waals surface area contributed by atoms with Crippen LogP contribution in [0.1, 0.15) is 11.1 Å². The summed E-state index contributed by atoms with van der Waals surface area (Å²) in [5, 5.41) is 9.03. The van der Waals surface area contributed by atoms with Gasteiger partial charge in [0.05, 0.1) is 32.5 Å². The van der Waals surface area contributed by atoms with E-state index in [-0.39, 0.29) is 21.0 Å². The predicted molar refractivity (Wildman–Crippen MR) is 71.7 cm³/mol. The molecule has 0 saturated carbocycles. The molecule has 0 bridgehead atoms. The van der Waals surface area contributed by atoms with Crippen LogP contribution in [-0.4, -0.2) is 4.21 Å². The Balaban J connectivity index is 2.52. The van der Waals surface area contributed by atoms with Crippen LogP contribution in [0.25, 0.3) is 0 Å². The van der Waals surface area contributed by atoms with Gasteiger partial charge in [0, 0.05) is 4.90 Å². The van der Waals surface area contributed by atoms with Crippen LogP contribution in [0.15, 0.2) is 52.3 Å². The molecule has 0 amide bonds. The van der Waals surface area contributed by atoms with Crippen molar-refractivity contribution in [1.82, 2.24) is 0 Å². The van der Waals surface area contributed by atoms with Crippen molar-refractivity contribution < 1.29 is 17.4 Å². The van der Waals surface area contributed by atoms with Gasteiger partial charge < -0.3 is 5.73 Å². The van der Waals surface area contributed by atoms with Crippen molar-refractivity contribution in [3.05, 3.63) is 53.6 Å². The molecule has 2 N–H and O–H groups in total. The average molecular weight is 310 g/mol. The average Bonchev–Trinajstić information content (AvgIpc) is 2.45. The highest BCUT2D eigenvalue weighted by Gasteiger charge is 2.31. The first-order valence-electron chi connectivity index (χ1n) is 5.72. The molecule has 21 heavy (non-hydrogen) atoms. The fraction of sp³-hybridized carbons (Fsp3) is 0.0714. The maximum atomic E-state index is 12.7. The Morgan fingerprint density at radius 3 is 2.43 bits per heavy atom. The minimum atomic E-state index is -4.52. The number of alkyl halides is 3. The summed E-state index contributed by atoms with van der Waals surface area (Å²) in [5.74, 6) is 0. The summed E-state index contributed by atoms with van der Waals surface area (Å²) in [6.45, 7) is 0. The molecular weight excluding hydrogens is 301 g/mol. The molecule has 0 aliphatic rings. The van der Waals surface area contributed by atoms with E-state index in [0.29, 0.717) is 0 Å². The van der Waals surface area contributed by atoms with E-state index in [2.05, 4.69) is 0 Å². The number of nitrogens with zero attached hydrogens (tertiary/aromatic N) is 1. The zero-order valence-electron chi connectivity index (χ0n) is 10.5. The molecule has 2 aromatic rings. The smallest absolute Gasteiger partial charge is 0.398 e. The molecule has 0 aliphatic heterocycles. The molecule has 0 radical (unpaired) electrons. The molecular formula is C14H9F3N2OS. The van der Waals surface area contributed by atoms with Crippen LogP contribution < -0.4 is 5.73 Å². The Bertz CT molecular complexity index is 751. The monoisotopic (exact) mass is 310 g/mol. The predicted octanol–water partition coefficient (Wildman–Crippen LogP) is 3.33. The summed E-state index contributed by atoms with van der Waals surface area (Å²) >= 11 is 0. The molecule has 0 aliphatic carbocycles. The highest BCUT2D eigenvalue weighted by atomic mass is 32.2. The number of rotatable bonds is 2. The number of benzene rings is 2. The lowest BCUT2D eigenvalue weighted by Gasteiger charge is -2.10. The van der Waals surface area contributed by atoms with Crippen molar-refractivity contribution in [1.29, 1.82) is 5.26 Å². The maximum Gasteiger partial charge on any atom is 0.416 e. The summed E-state index contributed by atoms with van der Waals surface area (Å²) in [6.07, 6.45) is -4.52. The van der Waals surface area contributed by atoms with Gasteiger partial charge in [0.25, 0.3) is 0 Å². The quantitative estimate of drug-likeness (QED) is 0.865. The molecule has 3 nitrogen and oxygen atoms in total. The first kappa shape index (κ1) is 15.1. The second-order valence-electron chi connectivity index (χ2n) is 4.13. The Morgan fingerprint density at radius 2 is 1.81 bits per heavy atom. The number of anilines is 1. The minimum Gasteiger partial charge on any atom is -0.398 e. The summed E-state index contributed by atoms with van der Waals surface area (Å²) in [7, 11) is -1.92. The van der Waals surface area contributed by atoms with Crippen molar-refractivity contribution in [2.75, 3.05) is 5.73 Å². The lowest BCUT2D eigenvalue weighted by Crippen LogP contribution is -2.06. The van der Waals surface area contributed by atoms with Crippen LogP contribution in [-0.2, 0) is 17.0 Å². The topological polar surface area (TPSA) is 66.9 Å². The number of nitrogen functional groups attached to an aromatic ring is 1. The third-order valence-electron chi connectivity index (χ3n) is 2.75.